The van der Waals surface area contributed by atoms with Gasteiger partial charge < -0.3 is 14.4 Å². The summed E-state index contributed by atoms with van der Waals surface area (Å²) in [5.41, 5.74) is 0.593. The van der Waals surface area contributed by atoms with Crippen LogP contribution in [0.4, 0.5) is 4.39 Å². The summed E-state index contributed by atoms with van der Waals surface area (Å²) in [6, 6.07) is 15.0. The number of carbonyl (C=O) groups excluding carboxylic acids is 1. The molecule has 1 amide bonds. The second kappa shape index (κ2) is 8.68. The third-order valence-corrected chi connectivity index (χ3v) is 4.68. The minimum absolute atomic E-state index is 0.0255. The maximum absolute atomic E-state index is 13.3. The smallest absolute Gasteiger partial charge is 0.321 e. The molecule has 1 aliphatic heterocycles. The van der Waals surface area contributed by atoms with Crippen molar-refractivity contribution >= 4 is 5.91 Å². The van der Waals surface area contributed by atoms with Crippen LogP contribution in [0.25, 0.3) is 0 Å². The van der Waals surface area contributed by atoms with Crippen molar-refractivity contribution in [3.8, 4) is 17.5 Å². The van der Waals surface area contributed by atoms with Gasteiger partial charge in [0.2, 0.25) is 0 Å². The first-order valence-electron chi connectivity index (χ1n) is 9.44. The maximum Gasteiger partial charge on any atom is 0.321 e. The van der Waals surface area contributed by atoms with Gasteiger partial charge in [0.15, 0.2) is 0 Å². The molecule has 0 saturated carbocycles. The number of aromatic nitrogens is 2. The van der Waals surface area contributed by atoms with Gasteiger partial charge in [-0.3, -0.25) is 4.79 Å². The minimum atomic E-state index is -0.318. The van der Waals surface area contributed by atoms with Crippen LogP contribution < -0.4 is 9.47 Å². The standard InChI is InChI=1S/C22H20FN3O3/c23-17-3-1-4-20(15-17)28-19-9-13-26(14-10-19)21(27)16-5-7-18(8-6-16)29-22-24-11-2-12-25-22/h1-8,11-12,15,19H,9-10,13-14H2. The average molecular weight is 393 g/mol. The Morgan fingerprint density at radius 2 is 1.69 bits per heavy atom. The van der Waals surface area contributed by atoms with E-state index in [1.165, 1.54) is 12.1 Å². The molecular weight excluding hydrogens is 373 g/mol. The Balaban J connectivity index is 1.31. The fourth-order valence-electron chi connectivity index (χ4n) is 3.20. The minimum Gasteiger partial charge on any atom is -0.490 e. The zero-order chi connectivity index (χ0) is 20.1. The van der Waals surface area contributed by atoms with Gasteiger partial charge in [-0.05, 0) is 42.5 Å². The van der Waals surface area contributed by atoms with Crippen molar-refractivity contribution in [3.63, 3.8) is 0 Å². The highest BCUT2D eigenvalue weighted by Crippen LogP contribution is 2.22. The van der Waals surface area contributed by atoms with E-state index in [4.69, 9.17) is 9.47 Å². The molecule has 0 N–H and O–H groups in total. The fourth-order valence-corrected chi connectivity index (χ4v) is 3.20. The number of carbonyl (C=O) groups is 1. The topological polar surface area (TPSA) is 64.5 Å². The lowest BCUT2D eigenvalue weighted by atomic mass is 10.1. The Labute approximate surface area is 167 Å². The number of rotatable bonds is 5. The number of benzene rings is 2. The largest absolute Gasteiger partial charge is 0.490 e. The summed E-state index contributed by atoms with van der Waals surface area (Å²) in [7, 11) is 0. The predicted octanol–water partition coefficient (Wildman–Crippen LogP) is 4.09. The molecule has 1 aromatic heterocycles. The monoisotopic (exact) mass is 393 g/mol. The summed E-state index contributed by atoms with van der Waals surface area (Å²) >= 11 is 0. The number of piperidine rings is 1. The molecule has 0 unspecified atom stereocenters. The van der Waals surface area contributed by atoms with Crippen LogP contribution >= 0.6 is 0 Å². The molecule has 0 aliphatic carbocycles. The van der Waals surface area contributed by atoms with Crippen LogP contribution in [0.2, 0.25) is 0 Å². The van der Waals surface area contributed by atoms with Gasteiger partial charge in [0, 0.05) is 50.0 Å². The Bertz CT molecular complexity index is 959. The van der Waals surface area contributed by atoms with E-state index in [9.17, 15) is 9.18 Å². The van der Waals surface area contributed by atoms with Gasteiger partial charge in [-0.15, -0.1) is 0 Å². The van der Waals surface area contributed by atoms with Crippen LogP contribution in [0, 0.1) is 5.82 Å². The van der Waals surface area contributed by atoms with Gasteiger partial charge in [0.05, 0.1) is 0 Å². The van der Waals surface area contributed by atoms with E-state index in [1.54, 1.807) is 54.9 Å². The summed E-state index contributed by atoms with van der Waals surface area (Å²) in [5, 5.41) is 0. The first-order valence-corrected chi connectivity index (χ1v) is 9.44. The van der Waals surface area contributed by atoms with Crippen molar-refractivity contribution in [2.24, 2.45) is 0 Å². The predicted molar refractivity (Wildman–Crippen MR) is 105 cm³/mol. The fraction of sp³-hybridized carbons (Fsp3) is 0.227. The molecule has 7 heteroatoms. The molecule has 4 rings (SSSR count). The van der Waals surface area contributed by atoms with Crippen LogP contribution in [0.15, 0.2) is 67.0 Å². The first-order chi connectivity index (χ1) is 14.2. The summed E-state index contributed by atoms with van der Waals surface area (Å²) < 4.78 is 24.7. The number of hydrogen-bond donors (Lipinski definition) is 0. The van der Waals surface area contributed by atoms with Gasteiger partial charge in [0.1, 0.15) is 23.4 Å². The maximum atomic E-state index is 13.3. The summed E-state index contributed by atoms with van der Waals surface area (Å²) in [4.78, 5) is 22.6. The van der Waals surface area contributed by atoms with E-state index in [1.807, 2.05) is 4.90 Å². The zero-order valence-electron chi connectivity index (χ0n) is 15.7. The second-order valence-electron chi connectivity index (χ2n) is 6.72. The zero-order valence-corrected chi connectivity index (χ0v) is 15.7. The molecule has 0 radical (unpaired) electrons. The number of likely N-dealkylation sites (tertiary alicyclic amines) is 1. The number of amides is 1. The Morgan fingerprint density at radius 1 is 0.966 bits per heavy atom. The first kappa shape index (κ1) is 18.9. The molecule has 3 aromatic rings. The van der Waals surface area contributed by atoms with Crippen molar-refractivity contribution < 1.29 is 18.7 Å². The number of nitrogens with zero attached hydrogens (tertiary/aromatic N) is 3. The van der Waals surface area contributed by atoms with Crippen molar-refractivity contribution in [2.75, 3.05) is 13.1 Å². The highest BCUT2D eigenvalue weighted by atomic mass is 19.1. The van der Waals surface area contributed by atoms with Gasteiger partial charge in [-0.1, -0.05) is 6.07 Å². The third kappa shape index (κ3) is 4.87. The lowest BCUT2D eigenvalue weighted by Crippen LogP contribution is -2.41. The molecule has 0 atom stereocenters. The van der Waals surface area contributed by atoms with Gasteiger partial charge in [-0.2, -0.15) is 0 Å². The van der Waals surface area contributed by atoms with Crippen molar-refractivity contribution in [1.29, 1.82) is 0 Å². The van der Waals surface area contributed by atoms with E-state index in [2.05, 4.69) is 9.97 Å². The Hall–Kier alpha value is -3.48. The van der Waals surface area contributed by atoms with E-state index in [0.717, 1.165) is 0 Å². The third-order valence-electron chi connectivity index (χ3n) is 4.68. The molecule has 0 spiro atoms. The SMILES string of the molecule is O=C(c1ccc(Oc2ncccn2)cc1)N1CCC(Oc2cccc(F)c2)CC1. The molecule has 29 heavy (non-hydrogen) atoms. The summed E-state index contributed by atoms with van der Waals surface area (Å²) in [6.07, 6.45) is 4.58. The highest BCUT2D eigenvalue weighted by Gasteiger charge is 2.24. The van der Waals surface area contributed by atoms with Crippen LogP contribution in [-0.4, -0.2) is 40.0 Å². The molecule has 148 valence electrons. The van der Waals surface area contributed by atoms with Crippen LogP contribution in [0.3, 0.4) is 0 Å². The van der Waals surface area contributed by atoms with Crippen molar-refractivity contribution in [2.45, 2.75) is 18.9 Å². The van der Waals surface area contributed by atoms with Gasteiger partial charge in [-0.25, -0.2) is 14.4 Å². The van der Waals surface area contributed by atoms with Crippen molar-refractivity contribution in [1.82, 2.24) is 14.9 Å². The number of ether oxygens (including phenoxy) is 2. The van der Waals surface area contributed by atoms with Crippen molar-refractivity contribution in [3.05, 3.63) is 78.4 Å². The molecule has 2 aromatic carbocycles. The highest BCUT2D eigenvalue weighted by molar-refractivity contribution is 5.94. The second-order valence-corrected chi connectivity index (χ2v) is 6.72. The molecule has 1 saturated heterocycles. The molecule has 1 fully saturated rings. The molecule has 2 heterocycles. The summed E-state index contributed by atoms with van der Waals surface area (Å²) in [6.45, 7) is 1.18. The Morgan fingerprint density at radius 3 is 2.38 bits per heavy atom. The lowest BCUT2D eigenvalue weighted by Gasteiger charge is -2.32. The number of hydrogen-bond acceptors (Lipinski definition) is 5. The van der Waals surface area contributed by atoms with E-state index >= 15 is 0 Å². The van der Waals surface area contributed by atoms with E-state index in [0.29, 0.717) is 43.0 Å². The van der Waals surface area contributed by atoms with E-state index < -0.39 is 0 Å². The van der Waals surface area contributed by atoms with Crippen LogP contribution in [0.5, 0.6) is 17.5 Å². The normalized spacial score (nSPS) is 14.4. The van der Waals surface area contributed by atoms with E-state index in [-0.39, 0.29) is 23.8 Å². The molecule has 1 aliphatic rings. The van der Waals surface area contributed by atoms with Gasteiger partial charge >= 0.3 is 6.01 Å². The Kier molecular flexibility index (Phi) is 5.65. The lowest BCUT2D eigenvalue weighted by molar-refractivity contribution is 0.0595. The number of halogens is 1. The quantitative estimate of drug-likeness (QED) is 0.653. The molecular formula is C22H20FN3O3. The van der Waals surface area contributed by atoms with Gasteiger partial charge in [0.25, 0.3) is 5.91 Å². The van der Waals surface area contributed by atoms with Crippen LogP contribution in [0.1, 0.15) is 23.2 Å². The average Bonchev–Trinajstić information content (AvgIpc) is 2.75. The van der Waals surface area contributed by atoms with Crippen LogP contribution in [-0.2, 0) is 0 Å². The molecule has 0 bridgehead atoms. The molecule has 6 nitrogen and oxygen atoms in total. The summed E-state index contributed by atoms with van der Waals surface area (Å²) in [5.74, 6) is 0.737.